The first-order chi connectivity index (χ1) is 14.1. The summed E-state index contributed by atoms with van der Waals surface area (Å²) in [7, 11) is 0. The number of allylic oxidation sites excluding steroid dienone is 2. The van der Waals surface area contributed by atoms with E-state index in [2.05, 4.69) is 11.6 Å². The molecule has 0 N–H and O–H groups in total. The smallest absolute Gasteiger partial charge is 0.264 e. The van der Waals surface area contributed by atoms with Crippen molar-refractivity contribution in [3.05, 3.63) is 117 Å². The molecule has 0 spiro atoms. The molecular formula is C24H16Cl2N2O. The maximum absolute atomic E-state index is 13.4. The number of rotatable bonds is 4. The first-order valence-electron chi connectivity index (χ1n) is 8.93. The van der Waals surface area contributed by atoms with Gasteiger partial charge in [-0.05, 0) is 71.1 Å². The van der Waals surface area contributed by atoms with Gasteiger partial charge in [-0.25, -0.2) is 4.98 Å². The quantitative estimate of drug-likeness (QED) is 0.358. The second-order valence-electron chi connectivity index (χ2n) is 6.45. The highest BCUT2D eigenvalue weighted by molar-refractivity contribution is 6.31. The van der Waals surface area contributed by atoms with E-state index in [4.69, 9.17) is 23.2 Å². The van der Waals surface area contributed by atoms with Crippen LogP contribution in [0, 0.1) is 0 Å². The van der Waals surface area contributed by atoms with Gasteiger partial charge in [0.25, 0.3) is 5.56 Å². The summed E-state index contributed by atoms with van der Waals surface area (Å²) < 4.78 is 1.59. The number of aromatic nitrogens is 2. The average molecular weight is 419 g/mol. The van der Waals surface area contributed by atoms with Crippen LogP contribution in [0.25, 0.3) is 28.2 Å². The molecule has 2 aromatic carbocycles. The SMILES string of the molecule is C=CC(=Cc1cccc(Cl)c1)c1cc2cc(Cl)ccc2c(=O)n1-c1ccccn1. The molecule has 5 heteroatoms. The molecule has 142 valence electrons. The molecule has 0 aliphatic carbocycles. The van der Waals surface area contributed by atoms with E-state index in [1.165, 1.54) is 0 Å². The zero-order valence-corrected chi connectivity index (χ0v) is 16.9. The first kappa shape index (κ1) is 19.2. The van der Waals surface area contributed by atoms with Crippen molar-refractivity contribution < 1.29 is 0 Å². The fraction of sp³-hybridized carbons (Fsp3) is 0. The van der Waals surface area contributed by atoms with E-state index in [0.29, 0.717) is 26.9 Å². The van der Waals surface area contributed by atoms with Crippen LogP contribution in [0.3, 0.4) is 0 Å². The molecule has 0 radical (unpaired) electrons. The minimum Gasteiger partial charge on any atom is -0.268 e. The molecule has 0 fully saturated rings. The number of nitrogens with zero attached hydrogens (tertiary/aromatic N) is 2. The van der Waals surface area contributed by atoms with Crippen LogP contribution >= 0.6 is 23.2 Å². The number of halogens is 2. The standard InChI is InChI=1S/C24H16Cl2N2O/c1-2-17(12-16-6-5-7-19(25)13-16)22-15-18-14-20(26)9-10-21(18)24(29)28(22)23-8-3-4-11-27-23/h2-15H,1H2. The van der Waals surface area contributed by atoms with Gasteiger partial charge in [-0.3, -0.25) is 9.36 Å². The van der Waals surface area contributed by atoms with Gasteiger partial charge in [-0.15, -0.1) is 0 Å². The average Bonchev–Trinajstić information content (AvgIpc) is 2.72. The van der Waals surface area contributed by atoms with Crippen LogP contribution in [0.4, 0.5) is 0 Å². The number of hydrogen-bond donors (Lipinski definition) is 0. The molecule has 4 aromatic rings. The summed E-state index contributed by atoms with van der Waals surface area (Å²) in [5, 5.41) is 2.52. The molecule has 4 rings (SSSR count). The molecule has 0 saturated carbocycles. The van der Waals surface area contributed by atoms with Gasteiger partial charge in [0.15, 0.2) is 0 Å². The first-order valence-corrected chi connectivity index (χ1v) is 9.69. The topological polar surface area (TPSA) is 34.9 Å². The lowest BCUT2D eigenvalue weighted by atomic mass is 10.0. The Morgan fingerprint density at radius 1 is 0.966 bits per heavy atom. The Balaban J connectivity index is 2.06. The Hall–Kier alpha value is -3.14. The molecule has 0 aliphatic rings. The van der Waals surface area contributed by atoms with E-state index in [9.17, 15) is 4.79 Å². The van der Waals surface area contributed by atoms with Crippen LogP contribution in [-0.2, 0) is 0 Å². The zero-order chi connectivity index (χ0) is 20.4. The molecule has 2 aromatic heterocycles. The van der Waals surface area contributed by atoms with Crippen molar-refractivity contribution in [2.75, 3.05) is 0 Å². The van der Waals surface area contributed by atoms with Gasteiger partial charge < -0.3 is 0 Å². The van der Waals surface area contributed by atoms with Gasteiger partial charge in [0.2, 0.25) is 0 Å². The second kappa shape index (κ2) is 8.08. The number of hydrogen-bond acceptors (Lipinski definition) is 2. The molecule has 0 bridgehead atoms. The van der Waals surface area contributed by atoms with Crippen LogP contribution in [0.1, 0.15) is 11.3 Å². The van der Waals surface area contributed by atoms with Gasteiger partial charge in [0.05, 0.1) is 5.69 Å². The summed E-state index contributed by atoms with van der Waals surface area (Å²) in [5.74, 6) is 0.531. The molecule has 0 atom stereocenters. The maximum Gasteiger partial charge on any atom is 0.264 e. The summed E-state index contributed by atoms with van der Waals surface area (Å²) >= 11 is 12.3. The molecular weight excluding hydrogens is 403 g/mol. The highest BCUT2D eigenvalue weighted by Crippen LogP contribution is 2.26. The Morgan fingerprint density at radius 3 is 2.52 bits per heavy atom. The van der Waals surface area contributed by atoms with Crippen molar-refractivity contribution in [2.45, 2.75) is 0 Å². The molecule has 0 amide bonds. The summed E-state index contributed by atoms with van der Waals surface area (Å²) in [6.07, 6.45) is 5.31. The van der Waals surface area contributed by atoms with Gasteiger partial charge in [-0.2, -0.15) is 0 Å². The minimum atomic E-state index is -0.174. The minimum absolute atomic E-state index is 0.174. The molecule has 3 nitrogen and oxygen atoms in total. The van der Waals surface area contributed by atoms with Gasteiger partial charge >= 0.3 is 0 Å². The van der Waals surface area contributed by atoms with Crippen molar-refractivity contribution in [2.24, 2.45) is 0 Å². The predicted octanol–water partition coefficient (Wildman–Crippen LogP) is 6.42. The second-order valence-corrected chi connectivity index (χ2v) is 7.32. The highest BCUT2D eigenvalue weighted by atomic mass is 35.5. The summed E-state index contributed by atoms with van der Waals surface area (Å²) in [6.45, 7) is 3.95. The Labute approximate surface area is 178 Å². The summed E-state index contributed by atoms with van der Waals surface area (Å²) in [4.78, 5) is 17.8. The van der Waals surface area contributed by atoms with Crippen molar-refractivity contribution >= 4 is 45.6 Å². The van der Waals surface area contributed by atoms with Gasteiger partial charge in [0, 0.05) is 21.6 Å². The largest absolute Gasteiger partial charge is 0.268 e. The third kappa shape index (κ3) is 3.88. The lowest BCUT2D eigenvalue weighted by Crippen LogP contribution is -2.22. The maximum atomic E-state index is 13.4. The van der Waals surface area contributed by atoms with Crippen molar-refractivity contribution in [1.82, 2.24) is 9.55 Å². The van der Waals surface area contributed by atoms with Gasteiger partial charge in [-0.1, -0.05) is 54.1 Å². The Kier molecular flexibility index (Phi) is 5.34. The van der Waals surface area contributed by atoms with Gasteiger partial charge in [0.1, 0.15) is 5.82 Å². The Bertz CT molecular complexity index is 1310. The third-order valence-corrected chi connectivity index (χ3v) is 5.02. The van der Waals surface area contributed by atoms with Crippen LogP contribution in [0.15, 0.2) is 90.4 Å². The van der Waals surface area contributed by atoms with E-state index in [1.54, 1.807) is 41.1 Å². The molecule has 0 aliphatic heterocycles. The van der Waals surface area contributed by atoms with Crippen LogP contribution in [0.5, 0.6) is 0 Å². The van der Waals surface area contributed by atoms with E-state index >= 15 is 0 Å². The fourth-order valence-corrected chi connectivity index (χ4v) is 3.61. The van der Waals surface area contributed by atoms with Crippen molar-refractivity contribution in [1.29, 1.82) is 0 Å². The monoisotopic (exact) mass is 418 g/mol. The molecule has 29 heavy (non-hydrogen) atoms. The molecule has 0 saturated heterocycles. The number of pyridine rings is 2. The zero-order valence-electron chi connectivity index (χ0n) is 15.3. The van der Waals surface area contributed by atoms with Crippen molar-refractivity contribution in [3.63, 3.8) is 0 Å². The van der Waals surface area contributed by atoms with Crippen molar-refractivity contribution in [3.8, 4) is 5.82 Å². The number of benzene rings is 2. The van der Waals surface area contributed by atoms with E-state index < -0.39 is 0 Å². The van der Waals surface area contributed by atoms with Crippen LogP contribution < -0.4 is 5.56 Å². The lowest BCUT2D eigenvalue weighted by Gasteiger charge is -2.15. The molecule has 2 heterocycles. The summed E-state index contributed by atoms with van der Waals surface area (Å²) in [6, 6.07) is 20.1. The molecule has 0 unspecified atom stereocenters. The number of fused-ring (bicyclic) bond motifs is 1. The van der Waals surface area contributed by atoms with Crippen LogP contribution in [-0.4, -0.2) is 9.55 Å². The Morgan fingerprint density at radius 2 is 1.79 bits per heavy atom. The summed E-state index contributed by atoms with van der Waals surface area (Å²) in [5.41, 5.74) is 2.15. The normalized spacial score (nSPS) is 11.6. The third-order valence-electron chi connectivity index (χ3n) is 4.55. The van der Waals surface area contributed by atoms with E-state index in [0.717, 1.165) is 16.5 Å². The predicted molar refractivity (Wildman–Crippen MR) is 122 cm³/mol. The van der Waals surface area contributed by atoms with E-state index in [-0.39, 0.29) is 5.56 Å². The fourth-order valence-electron chi connectivity index (χ4n) is 3.23. The van der Waals surface area contributed by atoms with E-state index in [1.807, 2.05) is 48.5 Å². The highest BCUT2D eigenvalue weighted by Gasteiger charge is 2.14. The van der Waals surface area contributed by atoms with Crippen LogP contribution in [0.2, 0.25) is 10.0 Å². The lowest BCUT2D eigenvalue weighted by molar-refractivity contribution is 0.938.